The quantitative estimate of drug-likeness (QED) is 0.735. The lowest BCUT2D eigenvalue weighted by atomic mass is 9.93. The second kappa shape index (κ2) is 4.04. The summed E-state index contributed by atoms with van der Waals surface area (Å²) in [6.45, 7) is 6.62. The van der Waals surface area contributed by atoms with Gasteiger partial charge in [0.15, 0.2) is 0 Å². The number of carbonyl (C=O) groups excluding carboxylic acids is 1. The van der Waals surface area contributed by atoms with Crippen molar-refractivity contribution < 1.29 is 4.79 Å². The van der Waals surface area contributed by atoms with Gasteiger partial charge in [-0.2, -0.15) is 5.10 Å². The Morgan fingerprint density at radius 1 is 1.47 bits per heavy atom. The third-order valence-electron chi connectivity index (χ3n) is 2.21. The molecule has 4 nitrogen and oxygen atoms in total. The average molecular weight is 209 g/mol. The maximum atomic E-state index is 11.4. The van der Waals surface area contributed by atoms with Crippen LogP contribution in [-0.2, 0) is 16.8 Å². The monoisotopic (exact) mass is 209 g/mol. The Hall–Kier alpha value is -1.32. The third kappa shape index (κ3) is 3.08. The van der Waals surface area contributed by atoms with Crippen LogP contribution in [0.5, 0.6) is 0 Å². The number of carbonyl (C=O) groups is 1. The number of nitrogens with zero attached hydrogens (tertiary/aromatic N) is 3. The fourth-order valence-electron chi connectivity index (χ4n) is 1.13. The van der Waals surface area contributed by atoms with Gasteiger partial charge in [-0.05, 0) is 6.07 Å². The van der Waals surface area contributed by atoms with Gasteiger partial charge >= 0.3 is 0 Å². The molecular weight excluding hydrogens is 190 g/mol. The van der Waals surface area contributed by atoms with Gasteiger partial charge < -0.3 is 4.90 Å². The van der Waals surface area contributed by atoms with Crippen LogP contribution >= 0.6 is 0 Å². The van der Waals surface area contributed by atoms with Crippen molar-refractivity contribution in [3.63, 3.8) is 0 Å². The van der Waals surface area contributed by atoms with Crippen molar-refractivity contribution in [1.82, 2.24) is 14.7 Å². The molecular formula is C11H19N3O. The normalized spacial score (nSPS) is 11.5. The van der Waals surface area contributed by atoms with E-state index in [1.54, 1.807) is 23.7 Å². The molecule has 0 unspecified atom stereocenters. The zero-order valence-corrected chi connectivity index (χ0v) is 10.1. The first kappa shape index (κ1) is 11.8. The molecule has 1 heterocycles. The van der Waals surface area contributed by atoms with E-state index in [2.05, 4.69) is 25.9 Å². The van der Waals surface area contributed by atoms with E-state index in [1.807, 2.05) is 12.3 Å². The van der Waals surface area contributed by atoms with Crippen LogP contribution in [0.2, 0.25) is 0 Å². The Kier molecular flexibility index (Phi) is 3.17. The summed E-state index contributed by atoms with van der Waals surface area (Å²) >= 11 is 0. The molecule has 84 valence electrons. The topological polar surface area (TPSA) is 38.1 Å². The van der Waals surface area contributed by atoms with Crippen molar-refractivity contribution >= 4 is 5.91 Å². The zero-order valence-electron chi connectivity index (χ0n) is 10.1. The molecule has 0 aromatic carbocycles. The van der Waals surface area contributed by atoms with Crippen molar-refractivity contribution in [2.45, 2.75) is 32.7 Å². The van der Waals surface area contributed by atoms with E-state index in [9.17, 15) is 4.79 Å². The number of aromatic nitrogens is 2. The smallest absolute Gasteiger partial charge is 0.243 e. The van der Waals surface area contributed by atoms with E-state index >= 15 is 0 Å². The number of rotatable bonds is 2. The first-order valence-electron chi connectivity index (χ1n) is 5.05. The molecule has 0 spiro atoms. The predicted octanol–water partition coefficient (Wildman–Crippen LogP) is 1.27. The summed E-state index contributed by atoms with van der Waals surface area (Å²) < 4.78 is 1.68. The van der Waals surface area contributed by atoms with Crippen LogP contribution in [0.15, 0.2) is 12.3 Å². The molecule has 4 heteroatoms. The minimum atomic E-state index is 0.0341. The Labute approximate surface area is 90.9 Å². The number of hydrogen-bond acceptors (Lipinski definition) is 2. The molecule has 0 bridgehead atoms. The summed E-state index contributed by atoms with van der Waals surface area (Å²) in [6, 6.07) is 1.96. The molecule has 0 N–H and O–H groups in total. The Morgan fingerprint density at radius 3 is 2.47 bits per heavy atom. The molecule has 0 atom stereocenters. The van der Waals surface area contributed by atoms with E-state index < -0.39 is 0 Å². The maximum Gasteiger partial charge on any atom is 0.243 e. The summed E-state index contributed by atoms with van der Waals surface area (Å²) in [5, 5.41) is 4.37. The Bertz CT molecular complexity index is 347. The van der Waals surface area contributed by atoms with E-state index in [0.717, 1.165) is 5.69 Å². The molecule has 0 saturated heterocycles. The van der Waals surface area contributed by atoms with E-state index in [0.29, 0.717) is 6.54 Å². The SMILES string of the molecule is CN(C)C(=O)Cn1ccc(C(C)(C)C)n1. The fraction of sp³-hybridized carbons (Fsp3) is 0.636. The summed E-state index contributed by atoms with van der Waals surface area (Å²) in [5.41, 5.74) is 1.04. The highest BCUT2D eigenvalue weighted by molar-refractivity contribution is 5.75. The lowest BCUT2D eigenvalue weighted by Gasteiger charge is -2.14. The zero-order chi connectivity index (χ0) is 11.6. The van der Waals surface area contributed by atoms with Gasteiger partial charge in [0.1, 0.15) is 6.54 Å². The lowest BCUT2D eigenvalue weighted by molar-refractivity contribution is -0.129. The molecule has 0 fully saturated rings. The number of amides is 1. The molecule has 0 saturated carbocycles. The van der Waals surface area contributed by atoms with Crippen LogP contribution in [0, 0.1) is 0 Å². The third-order valence-corrected chi connectivity index (χ3v) is 2.21. The first-order valence-corrected chi connectivity index (χ1v) is 5.05. The van der Waals surface area contributed by atoms with Gasteiger partial charge in [-0.3, -0.25) is 9.48 Å². The fourth-order valence-corrected chi connectivity index (χ4v) is 1.13. The van der Waals surface area contributed by atoms with Gasteiger partial charge in [0.05, 0.1) is 5.69 Å². The molecule has 0 aliphatic carbocycles. The number of hydrogen-bond donors (Lipinski definition) is 0. The van der Waals surface area contributed by atoms with E-state index in [4.69, 9.17) is 0 Å². The minimum Gasteiger partial charge on any atom is -0.347 e. The Morgan fingerprint density at radius 2 is 2.07 bits per heavy atom. The van der Waals surface area contributed by atoms with Crippen molar-refractivity contribution in [2.24, 2.45) is 0 Å². The molecule has 1 aromatic rings. The largest absolute Gasteiger partial charge is 0.347 e. The van der Waals surface area contributed by atoms with Crippen LogP contribution in [0.25, 0.3) is 0 Å². The Balaban J connectivity index is 2.73. The van der Waals surface area contributed by atoms with Crippen LogP contribution in [0.4, 0.5) is 0 Å². The van der Waals surface area contributed by atoms with Crippen LogP contribution in [0.1, 0.15) is 26.5 Å². The molecule has 0 aliphatic heterocycles. The molecule has 0 aliphatic rings. The number of likely N-dealkylation sites (N-methyl/N-ethyl adjacent to an activating group) is 1. The van der Waals surface area contributed by atoms with Gasteiger partial charge in [0.2, 0.25) is 5.91 Å². The average Bonchev–Trinajstić information content (AvgIpc) is 2.51. The molecule has 0 radical (unpaired) electrons. The predicted molar refractivity (Wildman–Crippen MR) is 59.6 cm³/mol. The summed E-state index contributed by atoms with van der Waals surface area (Å²) in [4.78, 5) is 13.0. The maximum absolute atomic E-state index is 11.4. The van der Waals surface area contributed by atoms with Crippen molar-refractivity contribution in [3.8, 4) is 0 Å². The van der Waals surface area contributed by atoms with Crippen molar-refractivity contribution in [1.29, 1.82) is 0 Å². The van der Waals surface area contributed by atoms with Crippen LogP contribution in [0.3, 0.4) is 0 Å². The molecule has 1 rings (SSSR count). The van der Waals surface area contributed by atoms with Gasteiger partial charge in [-0.25, -0.2) is 0 Å². The van der Waals surface area contributed by atoms with Crippen molar-refractivity contribution in [2.75, 3.05) is 14.1 Å². The van der Waals surface area contributed by atoms with Gasteiger partial charge in [-0.1, -0.05) is 20.8 Å². The van der Waals surface area contributed by atoms with Crippen molar-refractivity contribution in [3.05, 3.63) is 18.0 Å². The lowest BCUT2D eigenvalue weighted by Crippen LogP contribution is -2.26. The summed E-state index contributed by atoms with van der Waals surface area (Å²) in [5.74, 6) is 0.0542. The van der Waals surface area contributed by atoms with Crippen LogP contribution < -0.4 is 0 Å². The standard InChI is InChI=1S/C11H19N3O/c1-11(2,3)9-6-7-14(12-9)8-10(15)13(4)5/h6-7H,8H2,1-5H3. The van der Waals surface area contributed by atoms with Gasteiger partial charge in [0.25, 0.3) is 0 Å². The second-order valence-corrected chi connectivity index (χ2v) is 4.94. The molecule has 1 aromatic heterocycles. The highest BCUT2D eigenvalue weighted by Crippen LogP contribution is 2.19. The van der Waals surface area contributed by atoms with Crippen LogP contribution in [-0.4, -0.2) is 34.7 Å². The molecule has 1 amide bonds. The first-order chi connectivity index (χ1) is 6.80. The minimum absolute atomic E-state index is 0.0341. The highest BCUT2D eigenvalue weighted by atomic mass is 16.2. The van der Waals surface area contributed by atoms with Gasteiger partial charge in [0, 0.05) is 25.7 Å². The second-order valence-electron chi connectivity index (χ2n) is 4.94. The van der Waals surface area contributed by atoms with E-state index in [-0.39, 0.29) is 11.3 Å². The summed E-state index contributed by atoms with van der Waals surface area (Å²) in [7, 11) is 3.49. The van der Waals surface area contributed by atoms with E-state index in [1.165, 1.54) is 0 Å². The highest BCUT2D eigenvalue weighted by Gasteiger charge is 2.17. The molecule has 15 heavy (non-hydrogen) atoms. The summed E-state index contributed by atoms with van der Waals surface area (Å²) in [6.07, 6.45) is 1.85. The van der Waals surface area contributed by atoms with Gasteiger partial charge in [-0.15, -0.1) is 0 Å².